The zero-order valence-electron chi connectivity index (χ0n) is 83.8. The van der Waals surface area contributed by atoms with E-state index in [4.69, 9.17) is 81.7 Å². The predicted molar refractivity (Wildman–Crippen MR) is 599 cm³/mol. The topological polar surface area (TPSA) is 298 Å². The molecule has 0 unspecified atom stereocenters. The van der Waals surface area contributed by atoms with Crippen LogP contribution in [0.1, 0.15) is 60.8 Å². The number of rotatable bonds is 24. The van der Waals surface area contributed by atoms with E-state index in [2.05, 4.69) is 70.8 Å². The van der Waals surface area contributed by atoms with E-state index in [1.54, 1.807) is 143 Å². The molecule has 7 heterocycles. The van der Waals surface area contributed by atoms with E-state index in [0.29, 0.717) is 114 Å². The molecular formula is C117H121BBr2Cl2F2N6O18. The molecular weight excluding hydrogens is 2060 g/mol. The molecule has 0 saturated carbocycles. The summed E-state index contributed by atoms with van der Waals surface area (Å²) in [5, 5.41) is 42.8. The number of aliphatic hydroxyl groups excluding tert-OH is 2. The molecule has 6 aromatic heterocycles. The van der Waals surface area contributed by atoms with Crippen molar-refractivity contribution >= 4 is 73.7 Å². The Morgan fingerprint density at radius 2 is 0.736 bits per heavy atom. The van der Waals surface area contributed by atoms with Gasteiger partial charge in [0, 0.05) is 185 Å². The van der Waals surface area contributed by atoms with Crippen LogP contribution in [0, 0.1) is 32.4 Å². The third-order valence-electron chi connectivity index (χ3n) is 21.0. The second-order valence-electron chi connectivity index (χ2n) is 32.3. The normalized spacial score (nSPS) is 10.5. The van der Waals surface area contributed by atoms with Gasteiger partial charge in [-0.05, 0) is 162 Å². The number of nitrogens with zero attached hydrogens (tertiary/aromatic N) is 6. The van der Waals surface area contributed by atoms with Gasteiger partial charge >= 0.3 is 7.12 Å². The first-order chi connectivity index (χ1) is 71.1. The highest BCUT2D eigenvalue weighted by Gasteiger charge is 2.21. The molecule has 15 aromatic rings. The quantitative estimate of drug-likeness (QED) is 0.0213. The van der Waals surface area contributed by atoms with Crippen molar-refractivity contribution in [1.82, 2.24) is 27.4 Å². The van der Waals surface area contributed by atoms with Crippen LogP contribution in [0.4, 0.5) is 8.78 Å². The van der Waals surface area contributed by atoms with Gasteiger partial charge in [-0.1, -0.05) is 230 Å². The van der Waals surface area contributed by atoms with E-state index in [1.807, 2.05) is 191 Å². The third kappa shape index (κ3) is 38.7. The predicted octanol–water partition coefficient (Wildman–Crippen LogP) is 23.9. The number of aromatic nitrogens is 6. The molecule has 0 fully saturated rings. The molecule has 9 aromatic carbocycles. The number of aromatic hydroxyl groups is 1. The van der Waals surface area contributed by atoms with E-state index in [1.165, 1.54) is 85.0 Å². The lowest BCUT2D eigenvalue weighted by Gasteiger charge is -2.17. The van der Waals surface area contributed by atoms with Crippen LogP contribution in [-0.4, -0.2) is 99.5 Å². The van der Waals surface area contributed by atoms with E-state index in [0.717, 1.165) is 100 Å². The number of pyridine rings is 6. The van der Waals surface area contributed by atoms with Gasteiger partial charge in [0.15, 0.2) is 0 Å². The Kier molecular flexibility index (Phi) is 51.8. The molecule has 0 amide bonds. The highest BCUT2D eigenvalue weighted by molar-refractivity contribution is 9.11. The van der Waals surface area contributed by atoms with E-state index < -0.39 is 12.9 Å². The Balaban J connectivity index is 0.000000232. The van der Waals surface area contributed by atoms with Crippen molar-refractivity contribution in [3.63, 3.8) is 0 Å². The summed E-state index contributed by atoms with van der Waals surface area (Å²) in [7, 11) is 8.43. The zero-order valence-corrected chi connectivity index (χ0v) is 88.5. The van der Waals surface area contributed by atoms with Crippen molar-refractivity contribution in [1.29, 1.82) is 0 Å². The monoisotopic (exact) mass is 2170 g/mol. The van der Waals surface area contributed by atoms with Crippen molar-refractivity contribution in [2.45, 2.75) is 59.3 Å². The Labute approximate surface area is 887 Å². The van der Waals surface area contributed by atoms with Crippen molar-refractivity contribution < 1.29 is 67.3 Å². The molecule has 0 bridgehead atoms. The average molecular weight is 2180 g/mol. The standard InChI is InChI=1S/C23H23NO3.C22H19NO3.C19H16ClNO2.C16H16FNO2.C10H12BrNO2.C7H8O.C6H6BFO2.C6H5BrClNO.2C4H8O/c1-4-5-14-26-22-15-23(25)24(3)16-19(22)18-11-7-9-13-21(18)27-20-12-8-6-10-17(20)2;1-23-15-18-17-10-3-5-12-20(17)26-19-11-4-2-8-16(19)9-6-7-13-25-21(18)14-22(23)24;1-13-7-3-5-9-17(13)23-18-10-6-4-8-14(18)15-12-21(2)19(22)11-16(15)20;1-3-4-9-20-15-10-16(19)18(2)11-13(15)12-7-5-6-8-14(12)17;1-3-4-5-14-9-6-10(13)12(2)7-8(9)11;1-6-4-2-3-5-7(6)8;8-6-4-2-1-3-5(6)7(9)10;1-9-3-4(7)5(8)2-6(9)10;2*1-2-3-4-5/h4,6-13,15-16H,1,5,14H2,2-3H3;2-6,8-12,14-15H,7,13H2,1H3;3-12H,1-2H3;3,5-8,10-11H,1,4,9H2,2H3;3,6-7H,1,4-5H2,2H3;2-5,8H,1H3;1-4,9-10H;2-3H,1H3;2*2,5H,1,3-4H2. The Hall–Kier alpha value is -15.2. The van der Waals surface area contributed by atoms with Crippen LogP contribution in [0.3, 0.4) is 0 Å². The molecule has 1 aliphatic heterocycles. The number of aliphatic hydroxyl groups is 2. The summed E-state index contributed by atoms with van der Waals surface area (Å²) in [4.78, 5) is 69.7. The maximum Gasteiger partial charge on any atom is 0.491 e. The van der Waals surface area contributed by atoms with Gasteiger partial charge in [0.25, 0.3) is 33.4 Å². The van der Waals surface area contributed by atoms with Crippen molar-refractivity contribution in [3.05, 3.63) is 476 Å². The number of aryl methyl sites for hydroxylation is 9. The molecule has 0 aliphatic carbocycles. The van der Waals surface area contributed by atoms with Gasteiger partial charge in [-0.25, -0.2) is 8.78 Å². The Morgan fingerprint density at radius 1 is 0.372 bits per heavy atom. The van der Waals surface area contributed by atoms with Crippen LogP contribution < -0.4 is 72.0 Å². The van der Waals surface area contributed by atoms with Crippen LogP contribution >= 0.6 is 55.1 Å². The van der Waals surface area contributed by atoms with Gasteiger partial charge in [-0.15, -0.1) is 32.9 Å². The van der Waals surface area contributed by atoms with Gasteiger partial charge in [-0.3, -0.25) is 28.8 Å². The maximum absolute atomic E-state index is 13.9. The summed E-state index contributed by atoms with van der Waals surface area (Å²) in [6, 6.07) is 74.7. The maximum atomic E-state index is 13.9. The number of para-hydroxylation sites is 7. The molecule has 148 heavy (non-hydrogen) atoms. The first kappa shape index (κ1) is 120. The zero-order chi connectivity index (χ0) is 108. The van der Waals surface area contributed by atoms with E-state index in [9.17, 15) is 37.5 Å². The SMILES string of the molecule is C=CCCO.C=CCCO.C=CCCOc1cc(=O)n(C)cc1-c1ccccc1F.C=CCCOc1cc(=O)n(C)cc1-c1ccccc1Oc1ccccc1C.C=CCCOc1cc(=O)n(C)cc1Br.Cc1ccccc1O.Cc1ccccc1Oc1ccccc1-c1cn(C)c(=O)cc1Cl.Cn1cc(Br)c(Cl)cc1=O.Cn1cc2c(cc1=O)OCCC=Cc1ccccc1Oc1ccccc1-2.OB(O)c1ccccc1F. The minimum atomic E-state index is -1.72. The summed E-state index contributed by atoms with van der Waals surface area (Å²) in [6.07, 6.45) is 27.2. The number of fused-ring (bicyclic) bond motifs is 4. The van der Waals surface area contributed by atoms with Crippen LogP contribution in [0.25, 0.3) is 50.6 Å². The molecule has 16 rings (SSSR count). The van der Waals surface area contributed by atoms with Gasteiger partial charge in [-0.2, -0.15) is 0 Å². The fourth-order valence-electron chi connectivity index (χ4n) is 12.9. The van der Waals surface area contributed by atoms with Crippen LogP contribution in [-0.2, 0) is 42.3 Å². The second-order valence-corrected chi connectivity index (χ2v) is 34.8. The van der Waals surface area contributed by atoms with Gasteiger partial charge in [0.1, 0.15) is 74.9 Å². The van der Waals surface area contributed by atoms with Gasteiger partial charge in [0.05, 0.1) is 45.4 Å². The molecule has 772 valence electrons. The third-order valence-corrected chi connectivity index (χ3v) is 23.1. The first-order valence-corrected chi connectivity index (χ1v) is 48.9. The van der Waals surface area contributed by atoms with Crippen LogP contribution in [0.15, 0.2) is 399 Å². The summed E-state index contributed by atoms with van der Waals surface area (Å²) >= 11 is 18.4. The molecule has 24 nitrogen and oxygen atoms in total. The number of benzene rings is 9. The number of hydrogen-bond acceptors (Lipinski definition) is 18. The highest BCUT2D eigenvalue weighted by atomic mass is 79.9. The molecule has 0 spiro atoms. The first-order valence-electron chi connectivity index (χ1n) is 46.5. The lowest BCUT2D eigenvalue weighted by atomic mass is 9.80. The number of phenols is 1. The van der Waals surface area contributed by atoms with Gasteiger partial charge < -0.3 is 85.9 Å². The van der Waals surface area contributed by atoms with Crippen molar-refractivity contribution in [2.75, 3.05) is 39.6 Å². The van der Waals surface area contributed by atoms with Crippen LogP contribution in [0.5, 0.6) is 63.2 Å². The second kappa shape index (κ2) is 64.0. The molecule has 0 atom stereocenters. The number of ether oxygens (including phenoxy) is 7. The molecule has 1 aliphatic rings. The summed E-state index contributed by atoms with van der Waals surface area (Å²) < 4.78 is 78.1. The Morgan fingerprint density at radius 3 is 1.18 bits per heavy atom. The smallest absolute Gasteiger partial charge is 0.491 e. The summed E-state index contributed by atoms with van der Waals surface area (Å²) in [6.45, 7) is 25.9. The highest BCUT2D eigenvalue weighted by Crippen LogP contribution is 2.43. The summed E-state index contributed by atoms with van der Waals surface area (Å²) in [5.41, 5.74) is 9.19. The van der Waals surface area contributed by atoms with Gasteiger partial charge in [0.2, 0.25) is 0 Å². The van der Waals surface area contributed by atoms with E-state index >= 15 is 0 Å². The Bertz CT molecular complexity index is 7300. The molecule has 0 radical (unpaired) electrons. The largest absolute Gasteiger partial charge is 0.508 e. The molecule has 5 N–H and O–H groups in total. The van der Waals surface area contributed by atoms with E-state index in [-0.39, 0.29) is 57.8 Å². The van der Waals surface area contributed by atoms with Crippen molar-refractivity contribution in [2.24, 2.45) is 42.3 Å². The number of hydrogen-bond donors (Lipinski definition) is 5. The molecule has 31 heteroatoms. The minimum absolute atomic E-state index is 0.0817. The van der Waals surface area contributed by atoms with Crippen LogP contribution in [0.2, 0.25) is 10.0 Å². The lowest BCUT2D eigenvalue weighted by Crippen LogP contribution is -2.32. The fraction of sp³-hybridized carbons (Fsp3) is 0.179. The number of phenolic OH excluding ortho intramolecular Hbond substituents is 1. The minimum Gasteiger partial charge on any atom is -0.508 e. The fourth-order valence-corrected chi connectivity index (χ4v) is 14.3. The molecule has 0 saturated heterocycles. The van der Waals surface area contributed by atoms with Crippen molar-refractivity contribution in [3.8, 4) is 108 Å². The number of halogens is 6. The summed E-state index contributed by atoms with van der Waals surface area (Å²) in [5.74, 6) is 6.01. The average Bonchev–Trinajstić information content (AvgIpc) is 0.794. The lowest BCUT2D eigenvalue weighted by molar-refractivity contribution is 0.302.